The van der Waals surface area contributed by atoms with Crippen LogP contribution in [0.25, 0.3) is 38.2 Å². The second-order valence-electron chi connectivity index (χ2n) is 8.94. The molecule has 6 rings (SSSR count). The number of benzene rings is 4. The normalized spacial score (nSPS) is 17.0. The van der Waals surface area contributed by atoms with Crippen molar-refractivity contribution in [3.8, 4) is 11.1 Å². The summed E-state index contributed by atoms with van der Waals surface area (Å²) in [6.07, 6.45) is 7.04. The fourth-order valence-electron chi connectivity index (χ4n) is 5.38. The van der Waals surface area contributed by atoms with Gasteiger partial charge in [0.2, 0.25) is 0 Å². The van der Waals surface area contributed by atoms with Gasteiger partial charge in [-0.1, -0.05) is 86.2 Å². The Labute approximate surface area is 172 Å². The van der Waals surface area contributed by atoms with E-state index >= 15 is 0 Å². The Morgan fingerprint density at radius 1 is 0.724 bits per heavy atom. The van der Waals surface area contributed by atoms with Crippen LogP contribution in [0.4, 0.5) is 0 Å². The van der Waals surface area contributed by atoms with Crippen molar-refractivity contribution in [1.82, 2.24) is 0 Å². The van der Waals surface area contributed by atoms with Gasteiger partial charge in [-0.15, -0.1) is 0 Å². The van der Waals surface area contributed by atoms with Crippen LogP contribution in [-0.4, -0.2) is 0 Å². The lowest BCUT2D eigenvalue weighted by molar-refractivity contribution is 0.608. The lowest BCUT2D eigenvalue weighted by Crippen LogP contribution is -2.17. The van der Waals surface area contributed by atoms with Crippen LogP contribution in [0, 0.1) is 0 Å². The van der Waals surface area contributed by atoms with Crippen LogP contribution in [0.1, 0.15) is 37.8 Å². The fourth-order valence-corrected chi connectivity index (χ4v) is 5.38. The smallest absolute Gasteiger partial charge is 0.0121 e. The number of hydrogen-bond donors (Lipinski definition) is 0. The molecule has 0 saturated carbocycles. The first-order valence-corrected chi connectivity index (χ1v) is 10.6. The molecule has 2 aliphatic rings. The molecular weight excluding hydrogens is 348 g/mol. The van der Waals surface area contributed by atoms with Gasteiger partial charge in [0.1, 0.15) is 0 Å². The lowest BCUT2D eigenvalue weighted by atomic mass is 9.78. The Kier molecular flexibility index (Phi) is 3.44. The van der Waals surface area contributed by atoms with Crippen LogP contribution < -0.4 is 0 Å². The molecule has 0 bridgehead atoms. The molecule has 0 heteroatoms. The summed E-state index contributed by atoms with van der Waals surface area (Å²) in [4.78, 5) is 0. The third-order valence-corrected chi connectivity index (χ3v) is 6.97. The van der Waals surface area contributed by atoms with Gasteiger partial charge >= 0.3 is 0 Å². The summed E-state index contributed by atoms with van der Waals surface area (Å²) in [5, 5.41) is 5.37. The average Bonchev–Trinajstić information content (AvgIpc) is 2.99. The zero-order chi connectivity index (χ0) is 19.6. The van der Waals surface area contributed by atoms with Crippen molar-refractivity contribution in [3.63, 3.8) is 0 Å². The van der Waals surface area contributed by atoms with Gasteiger partial charge in [-0.2, -0.15) is 0 Å². The minimum absolute atomic E-state index is 0.114. The Hall–Kier alpha value is -3.12. The van der Waals surface area contributed by atoms with Crippen molar-refractivity contribution in [2.75, 3.05) is 0 Å². The van der Waals surface area contributed by atoms with Gasteiger partial charge < -0.3 is 0 Å². The Bertz CT molecular complexity index is 1350. The molecule has 29 heavy (non-hydrogen) atoms. The minimum atomic E-state index is 0.114. The van der Waals surface area contributed by atoms with Crippen molar-refractivity contribution < 1.29 is 0 Å². The van der Waals surface area contributed by atoms with E-state index in [0.29, 0.717) is 0 Å². The molecule has 0 nitrogen and oxygen atoms in total. The summed E-state index contributed by atoms with van der Waals surface area (Å²) < 4.78 is 0. The minimum Gasteiger partial charge on any atom is -0.0836 e. The summed E-state index contributed by atoms with van der Waals surface area (Å²) in [7, 11) is 0. The maximum atomic E-state index is 2.48. The third-order valence-electron chi connectivity index (χ3n) is 6.97. The second kappa shape index (κ2) is 5.94. The highest BCUT2D eigenvalue weighted by Crippen LogP contribution is 2.51. The molecule has 140 valence electrons. The molecule has 0 aliphatic heterocycles. The topological polar surface area (TPSA) is 0 Å². The summed E-state index contributed by atoms with van der Waals surface area (Å²) in [6.45, 7) is 4.80. The van der Waals surface area contributed by atoms with E-state index in [2.05, 4.69) is 98.8 Å². The molecule has 0 unspecified atom stereocenters. The predicted octanol–water partition coefficient (Wildman–Crippen LogP) is 8.05. The Morgan fingerprint density at radius 3 is 2.34 bits per heavy atom. The van der Waals surface area contributed by atoms with E-state index in [0.717, 1.165) is 0 Å². The zero-order valence-corrected chi connectivity index (χ0v) is 17.0. The standard InChI is InChI=1S/C29H24/c1-29(2)27-11-7-6-10-23(27)26-17-22-15-13-20-12-14-21(19-8-4-3-5-9-19)16-24(20)25(22)18-28(26)29/h3-6,8-10,12-18H,7,11H2,1-2H3. The number of fused-ring (bicyclic) bond motifs is 5. The van der Waals surface area contributed by atoms with Crippen molar-refractivity contribution in [2.45, 2.75) is 32.1 Å². The Morgan fingerprint density at radius 2 is 1.48 bits per heavy atom. The van der Waals surface area contributed by atoms with E-state index in [1.807, 2.05) is 0 Å². The molecule has 0 aromatic heterocycles. The monoisotopic (exact) mass is 372 g/mol. The predicted molar refractivity (Wildman–Crippen MR) is 125 cm³/mol. The molecule has 4 aromatic rings. The van der Waals surface area contributed by atoms with Crippen LogP contribution in [0.3, 0.4) is 0 Å². The first kappa shape index (κ1) is 16.8. The first-order chi connectivity index (χ1) is 14.1. The highest BCUT2D eigenvalue weighted by molar-refractivity contribution is 6.10. The van der Waals surface area contributed by atoms with Gasteiger partial charge in [0.15, 0.2) is 0 Å². The van der Waals surface area contributed by atoms with Crippen LogP contribution in [-0.2, 0) is 5.41 Å². The maximum Gasteiger partial charge on any atom is 0.0121 e. The van der Waals surface area contributed by atoms with Crippen LogP contribution >= 0.6 is 0 Å². The van der Waals surface area contributed by atoms with Gasteiger partial charge in [-0.05, 0) is 80.4 Å². The number of allylic oxidation sites excluding steroid dienone is 4. The van der Waals surface area contributed by atoms with E-state index < -0.39 is 0 Å². The van der Waals surface area contributed by atoms with Gasteiger partial charge in [-0.3, -0.25) is 0 Å². The largest absolute Gasteiger partial charge is 0.0836 e. The molecule has 4 aromatic carbocycles. The quantitative estimate of drug-likeness (QED) is 0.296. The van der Waals surface area contributed by atoms with Crippen LogP contribution in [0.15, 0.2) is 90.5 Å². The summed E-state index contributed by atoms with van der Waals surface area (Å²) in [6, 6.07) is 27.0. The maximum absolute atomic E-state index is 2.48. The third kappa shape index (κ3) is 2.39. The van der Waals surface area contributed by atoms with Crippen LogP contribution in [0.5, 0.6) is 0 Å². The molecule has 0 atom stereocenters. The van der Waals surface area contributed by atoms with Crippen molar-refractivity contribution >= 4 is 27.1 Å². The van der Waals surface area contributed by atoms with Gasteiger partial charge in [0, 0.05) is 5.41 Å². The summed E-state index contributed by atoms with van der Waals surface area (Å²) in [5.74, 6) is 0. The zero-order valence-electron chi connectivity index (χ0n) is 17.0. The van der Waals surface area contributed by atoms with Crippen molar-refractivity contribution in [3.05, 3.63) is 102 Å². The molecule has 0 N–H and O–H groups in total. The van der Waals surface area contributed by atoms with Gasteiger partial charge in [0.25, 0.3) is 0 Å². The van der Waals surface area contributed by atoms with E-state index in [9.17, 15) is 0 Å². The molecule has 0 fully saturated rings. The van der Waals surface area contributed by atoms with E-state index in [-0.39, 0.29) is 5.41 Å². The molecule has 2 aliphatic carbocycles. The summed E-state index contributed by atoms with van der Waals surface area (Å²) >= 11 is 0. The van der Waals surface area contributed by atoms with Crippen molar-refractivity contribution in [1.29, 1.82) is 0 Å². The molecule has 0 spiro atoms. The van der Waals surface area contributed by atoms with Crippen LogP contribution in [0.2, 0.25) is 0 Å². The highest BCUT2D eigenvalue weighted by atomic mass is 14.4. The number of rotatable bonds is 1. The second-order valence-corrected chi connectivity index (χ2v) is 8.94. The Balaban J connectivity index is 1.63. The van der Waals surface area contributed by atoms with Gasteiger partial charge in [0.05, 0.1) is 0 Å². The van der Waals surface area contributed by atoms with E-state index in [4.69, 9.17) is 0 Å². The SMILES string of the molecule is CC1(C)C2=C(C=CCC2)c2cc3ccc4ccc(-c5ccccc5)cc4c3cc21. The number of hydrogen-bond acceptors (Lipinski definition) is 0. The first-order valence-electron chi connectivity index (χ1n) is 10.6. The molecule has 0 heterocycles. The fraction of sp³-hybridized carbons (Fsp3) is 0.172. The van der Waals surface area contributed by atoms with E-state index in [1.165, 1.54) is 62.2 Å². The molecular formula is C29H24. The van der Waals surface area contributed by atoms with Crippen molar-refractivity contribution in [2.24, 2.45) is 0 Å². The molecule has 0 amide bonds. The average molecular weight is 373 g/mol. The highest BCUT2D eigenvalue weighted by Gasteiger charge is 2.37. The lowest BCUT2D eigenvalue weighted by Gasteiger charge is -2.26. The summed E-state index contributed by atoms with van der Waals surface area (Å²) in [5.41, 5.74) is 8.67. The van der Waals surface area contributed by atoms with Gasteiger partial charge in [-0.25, -0.2) is 0 Å². The molecule has 0 saturated heterocycles. The van der Waals surface area contributed by atoms with E-state index in [1.54, 1.807) is 5.57 Å². The molecule has 0 radical (unpaired) electrons.